The number of rotatable bonds is 4. The van der Waals surface area contributed by atoms with Crippen LogP contribution in [-0.2, 0) is 16.0 Å². The van der Waals surface area contributed by atoms with Crippen molar-refractivity contribution in [3.63, 3.8) is 0 Å². The van der Waals surface area contributed by atoms with Crippen molar-refractivity contribution in [1.29, 1.82) is 0 Å². The van der Waals surface area contributed by atoms with Gasteiger partial charge in [-0.2, -0.15) is 0 Å². The Morgan fingerprint density at radius 2 is 1.88 bits per heavy atom. The Labute approximate surface area is 145 Å². The number of phenolic OH excluding ortho intramolecular Hbond substituents is 1. The van der Waals surface area contributed by atoms with Crippen molar-refractivity contribution in [1.82, 2.24) is 0 Å². The molecular formula is C19H20O6. The Morgan fingerprint density at radius 3 is 2.56 bits per heavy atom. The lowest BCUT2D eigenvalue weighted by Gasteiger charge is -2.33. The third-order valence-corrected chi connectivity index (χ3v) is 4.12. The predicted molar refractivity (Wildman–Crippen MR) is 90.3 cm³/mol. The summed E-state index contributed by atoms with van der Waals surface area (Å²) in [6, 6.07) is 10.3. The topological polar surface area (TPSA) is 74.2 Å². The van der Waals surface area contributed by atoms with Crippen molar-refractivity contribution in [2.75, 3.05) is 14.2 Å². The van der Waals surface area contributed by atoms with Crippen LogP contribution in [0.1, 0.15) is 24.2 Å². The maximum Gasteiger partial charge on any atom is 0.303 e. The van der Waals surface area contributed by atoms with Crippen molar-refractivity contribution in [2.45, 2.75) is 25.6 Å². The van der Waals surface area contributed by atoms with Gasteiger partial charge in [0.1, 0.15) is 17.6 Å². The second-order valence-electron chi connectivity index (χ2n) is 5.80. The van der Waals surface area contributed by atoms with Crippen molar-refractivity contribution in [3.05, 3.63) is 47.5 Å². The molecule has 0 aliphatic carbocycles. The minimum Gasteiger partial charge on any atom is -0.508 e. The number of ether oxygens (including phenoxy) is 4. The molecule has 2 atom stereocenters. The van der Waals surface area contributed by atoms with Gasteiger partial charge in [0.25, 0.3) is 0 Å². The molecule has 1 aliphatic heterocycles. The van der Waals surface area contributed by atoms with E-state index < -0.39 is 12.2 Å². The number of benzene rings is 2. The van der Waals surface area contributed by atoms with Gasteiger partial charge in [-0.25, -0.2) is 0 Å². The zero-order valence-electron chi connectivity index (χ0n) is 14.3. The first-order valence-electron chi connectivity index (χ1n) is 7.89. The predicted octanol–water partition coefficient (Wildman–Crippen LogP) is 3.02. The molecule has 1 aliphatic rings. The summed E-state index contributed by atoms with van der Waals surface area (Å²) in [5.41, 5.74) is 1.67. The van der Waals surface area contributed by atoms with E-state index in [1.54, 1.807) is 44.6 Å². The molecule has 0 spiro atoms. The number of fused-ring (bicyclic) bond motifs is 1. The summed E-state index contributed by atoms with van der Waals surface area (Å²) in [4.78, 5) is 11.5. The molecule has 0 unspecified atom stereocenters. The van der Waals surface area contributed by atoms with Crippen LogP contribution in [0.3, 0.4) is 0 Å². The van der Waals surface area contributed by atoms with Gasteiger partial charge in [-0.1, -0.05) is 12.1 Å². The number of phenols is 1. The summed E-state index contributed by atoms with van der Waals surface area (Å²) in [7, 11) is 3.12. The SMILES string of the molecule is COc1ccc([C@@H]2Oc3cc(O)ccc3C[C@H]2OC(C)=O)cc1OC. The molecule has 6 heteroatoms. The summed E-state index contributed by atoms with van der Waals surface area (Å²) in [6.45, 7) is 1.37. The van der Waals surface area contributed by atoms with Crippen LogP contribution in [0.25, 0.3) is 0 Å². The maximum atomic E-state index is 11.5. The van der Waals surface area contributed by atoms with E-state index in [2.05, 4.69) is 0 Å². The molecule has 1 N–H and O–H groups in total. The maximum absolute atomic E-state index is 11.5. The van der Waals surface area contributed by atoms with Crippen LogP contribution in [0.2, 0.25) is 0 Å². The summed E-state index contributed by atoms with van der Waals surface area (Å²) in [5.74, 6) is 1.48. The van der Waals surface area contributed by atoms with Crippen molar-refractivity contribution in [2.24, 2.45) is 0 Å². The molecule has 3 rings (SSSR count). The fourth-order valence-corrected chi connectivity index (χ4v) is 2.99. The van der Waals surface area contributed by atoms with Gasteiger partial charge in [0, 0.05) is 25.0 Å². The molecule has 0 aromatic heterocycles. The molecule has 0 saturated heterocycles. The van der Waals surface area contributed by atoms with Gasteiger partial charge in [0.15, 0.2) is 17.6 Å². The fraction of sp³-hybridized carbons (Fsp3) is 0.316. The highest BCUT2D eigenvalue weighted by Gasteiger charge is 2.34. The average Bonchev–Trinajstić information content (AvgIpc) is 2.60. The van der Waals surface area contributed by atoms with E-state index in [-0.39, 0.29) is 11.7 Å². The molecule has 2 aromatic carbocycles. The van der Waals surface area contributed by atoms with Crippen LogP contribution >= 0.6 is 0 Å². The summed E-state index contributed by atoms with van der Waals surface area (Å²) >= 11 is 0. The third-order valence-electron chi connectivity index (χ3n) is 4.12. The Balaban J connectivity index is 2.00. The standard InChI is InChI=1S/C19H20O6/c1-11(20)24-18-8-12-4-6-14(21)10-16(12)25-19(18)13-5-7-15(22-2)17(9-13)23-3/h4-7,9-10,18-19,21H,8H2,1-3H3/t18-,19+/m1/s1. The lowest BCUT2D eigenvalue weighted by Crippen LogP contribution is -2.34. The van der Waals surface area contributed by atoms with Crippen molar-refractivity contribution < 1.29 is 28.8 Å². The summed E-state index contributed by atoms with van der Waals surface area (Å²) in [6.07, 6.45) is -0.501. The van der Waals surface area contributed by atoms with Gasteiger partial charge in [0.2, 0.25) is 0 Å². The van der Waals surface area contributed by atoms with Gasteiger partial charge >= 0.3 is 5.97 Å². The number of methoxy groups -OCH3 is 2. The minimum absolute atomic E-state index is 0.121. The number of hydrogen-bond acceptors (Lipinski definition) is 6. The summed E-state index contributed by atoms with van der Waals surface area (Å²) < 4.78 is 22.1. The third kappa shape index (κ3) is 3.47. The lowest BCUT2D eigenvalue weighted by molar-refractivity contribution is -0.152. The number of esters is 1. The van der Waals surface area contributed by atoms with E-state index in [0.717, 1.165) is 11.1 Å². The molecule has 132 valence electrons. The first-order chi connectivity index (χ1) is 12.0. The molecule has 6 nitrogen and oxygen atoms in total. The molecular weight excluding hydrogens is 324 g/mol. The van der Waals surface area contributed by atoms with E-state index in [1.807, 2.05) is 6.07 Å². The van der Waals surface area contributed by atoms with E-state index in [9.17, 15) is 9.90 Å². The monoisotopic (exact) mass is 344 g/mol. The molecule has 25 heavy (non-hydrogen) atoms. The van der Waals surface area contributed by atoms with E-state index >= 15 is 0 Å². The van der Waals surface area contributed by atoms with Crippen LogP contribution in [0.5, 0.6) is 23.0 Å². The Kier molecular flexibility index (Phi) is 4.70. The van der Waals surface area contributed by atoms with Gasteiger partial charge in [-0.3, -0.25) is 4.79 Å². The number of hydrogen-bond donors (Lipinski definition) is 1. The Bertz CT molecular complexity index is 785. The first kappa shape index (κ1) is 17.0. The lowest BCUT2D eigenvalue weighted by atomic mass is 9.94. The van der Waals surface area contributed by atoms with Gasteiger partial charge < -0.3 is 24.1 Å². The van der Waals surface area contributed by atoms with Crippen LogP contribution < -0.4 is 14.2 Å². The number of carbonyl (C=O) groups excluding carboxylic acids is 1. The minimum atomic E-state index is -0.516. The normalized spacial score (nSPS) is 18.7. The van der Waals surface area contributed by atoms with Gasteiger partial charge in [-0.15, -0.1) is 0 Å². The Hall–Kier alpha value is -2.89. The van der Waals surface area contributed by atoms with E-state index in [1.165, 1.54) is 6.92 Å². The zero-order valence-corrected chi connectivity index (χ0v) is 14.3. The Morgan fingerprint density at radius 1 is 1.12 bits per heavy atom. The summed E-state index contributed by atoms with van der Waals surface area (Å²) in [5, 5.41) is 9.70. The first-order valence-corrected chi connectivity index (χ1v) is 7.89. The van der Waals surface area contributed by atoms with E-state index in [4.69, 9.17) is 18.9 Å². The quantitative estimate of drug-likeness (QED) is 0.860. The average molecular weight is 344 g/mol. The van der Waals surface area contributed by atoms with Crippen LogP contribution in [0, 0.1) is 0 Å². The van der Waals surface area contributed by atoms with Crippen LogP contribution in [0.4, 0.5) is 0 Å². The second-order valence-corrected chi connectivity index (χ2v) is 5.80. The smallest absolute Gasteiger partial charge is 0.303 e. The van der Waals surface area contributed by atoms with Crippen molar-refractivity contribution in [3.8, 4) is 23.0 Å². The van der Waals surface area contributed by atoms with Crippen molar-refractivity contribution >= 4 is 5.97 Å². The zero-order chi connectivity index (χ0) is 18.0. The van der Waals surface area contributed by atoms with Gasteiger partial charge in [0.05, 0.1) is 14.2 Å². The molecule has 0 bridgehead atoms. The highest BCUT2D eigenvalue weighted by molar-refractivity contribution is 5.66. The fourth-order valence-electron chi connectivity index (χ4n) is 2.99. The highest BCUT2D eigenvalue weighted by atomic mass is 16.6. The van der Waals surface area contributed by atoms with Crippen LogP contribution in [-0.4, -0.2) is 31.4 Å². The van der Waals surface area contributed by atoms with Gasteiger partial charge in [-0.05, 0) is 23.8 Å². The number of aromatic hydroxyl groups is 1. The molecule has 1 heterocycles. The van der Waals surface area contributed by atoms with Crippen LogP contribution in [0.15, 0.2) is 36.4 Å². The molecule has 0 fully saturated rings. The molecule has 2 aromatic rings. The molecule has 0 radical (unpaired) electrons. The molecule has 0 amide bonds. The second kappa shape index (κ2) is 6.93. The number of carbonyl (C=O) groups is 1. The van der Waals surface area contributed by atoms with E-state index in [0.29, 0.717) is 23.7 Å². The largest absolute Gasteiger partial charge is 0.508 e. The molecule has 0 saturated carbocycles. The highest BCUT2D eigenvalue weighted by Crippen LogP contribution is 2.40.